The van der Waals surface area contributed by atoms with E-state index < -0.39 is 13.4 Å². The quantitative estimate of drug-likeness (QED) is 0.715. The Labute approximate surface area is 123 Å². The highest BCUT2D eigenvalue weighted by molar-refractivity contribution is 7.52. The molecule has 5 nitrogen and oxygen atoms in total. The van der Waals surface area contributed by atoms with Crippen LogP contribution in [0.1, 0.15) is 16.9 Å². The van der Waals surface area contributed by atoms with Crippen molar-refractivity contribution in [2.75, 3.05) is 7.11 Å². The predicted molar refractivity (Wildman–Crippen MR) is 81.1 cm³/mol. The molecule has 0 radical (unpaired) electrons. The van der Waals surface area contributed by atoms with Crippen molar-refractivity contribution in [2.45, 2.75) is 12.3 Å². The van der Waals surface area contributed by atoms with Crippen molar-refractivity contribution in [3.05, 3.63) is 65.7 Å². The van der Waals surface area contributed by atoms with Gasteiger partial charge in [0.2, 0.25) is 0 Å². The van der Waals surface area contributed by atoms with Crippen molar-refractivity contribution in [3.8, 4) is 5.75 Å². The number of methoxy groups -OCH3 is 1. The predicted octanol–water partition coefficient (Wildman–Crippen LogP) is 2.66. The summed E-state index contributed by atoms with van der Waals surface area (Å²) in [6.45, 7) is 0.335. The van der Waals surface area contributed by atoms with Gasteiger partial charge in [-0.1, -0.05) is 42.5 Å². The molecule has 0 saturated heterocycles. The summed E-state index contributed by atoms with van der Waals surface area (Å²) in [5.41, 5.74) is 1.46. The first kappa shape index (κ1) is 15.7. The summed E-state index contributed by atoms with van der Waals surface area (Å²) in [7, 11) is -2.72. The van der Waals surface area contributed by atoms with Crippen molar-refractivity contribution in [2.24, 2.45) is 0 Å². The molecule has 0 fully saturated rings. The number of benzene rings is 2. The van der Waals surface area contributed by atoms with Crippen LogP contribution in [0.4, 0.5) is 0 Å². The van der Waals surface area contributed by atoms with Gasteiger partial charge in [0.1, 0.15) is 11.5 Å². The highest BCUT2D eigenvalue weighted by atomic mass is 31.2. The zero-order valence-corrected chi connectivity index (χ0v) is 12.5. The van der Waals surface area contributed by atoms with Gasteiger partial charge in [-0.2, -0.15) is 0 Å². The molecule has 0 amide bonds. The third-order valence-corrected chi connectivity index (χ3v) is 4.24. The van der Waals surface area contributed by atoms with Crippen molar-refractivity contribution in [1.82, 2.24) is 5.32 Å². The Balaban J connectivity index is 2.15. The van der Waals surface area contributed by atoms with Crippen molar-refractivity contribution >= 4 is 7.60 Å². The third kappa shape index (κ3) is 4.41. The van der Waals surface area contributed by atoms with Crippen LogP contribution in [0.2, 0.25) is 0 Å². The molecule has 2 aromatic rings. The lowest BCUT2D eigenvalue weighted by molar-refractivity contribution is 0.347. The molecule has 1 atom stereocenters. The maximum absolute atomic E-state index is 11.7. The molecule has 0 aromatic heterocycles. The van der Waals surface area contributed by atoms with E-state index in [4.69, 9.17) is 4.74 Å². The van der Waals surface area contributed by atoms with E-state index in [-0.39, 0.29) is 0 Å². The van der Waals surface area contributed by atoms with Gasteiger partial charge in [0.15, 0.2) is 0 Å². The van der Waals surface area contributed by atoms with Crippen molar-refractivity contribution in [3.63, 3.8) is 0 Å². The van der Waals surface area contributed by atoms with Gasteiger partial charge in [-0.15, -0.1) is 0 Å². The first-order chi connectivity index (χ1) is 10.0. The number of rotatable bonds is 6. The van der Waals surface area contributed by atoms with E-state index in [1.54, 1.807) is 31.4 Å². The summed E-state index contributed by atoms with van der Waals surface area (Å²) in [4.78, 5) is 19.1. The maximum atomic E-state index is 11.7. The van der Waals surface area contributed by atoms with Gasteiger partial charge in [-0.05, 0) is 23.3 Å². The molecule has 0 aliphatic heterocycles. The molecule has 21 heavy (non-hydrogen) atoms. The number of ether oxygens (including phenoxy) is 1. The van der Waals surface area contributed by atoms with Crippen LogP contribution in [0, 0.1) is 0 Å². The Kier molecular flexibility index (Phi) is 5.15. The van der Waals surface area contributed by atoms with E-state index in [9.17, 15) is 14.4 Å². The molecule has 6 heteroatoms. The highest BCUT2D eigenvalue weighted by Gasteiger charge is 2.29. The topological polar surface area (TPSA) is 78.8 Å². The fraction of sp³-hybridized carbons (Fsp3) is 0.200. The Morgan fingerprint density at radius 1 is 1.14 bits per heavy atom. The molecule has 0 heterocycles. The fourth-order valence-corrected chi connectivity index (χ4v) is 2.95. The fourth-order valence-electron chi connectivity index (χ4n) is 2.06. The molecule has 0 aliphatic rings. The van der Waals surface area contributed by atoms with Gasteiger partial charge in [0, 0.05) is 6.54 Å². The van der Waals surface area contributed by atoms with E-state index in [0.29, 0.717) is 17.9 Å². The van der Waals surface area contributed by atoms with Crippen LogP contribution in [-0.4, -0.2) is 16.9 Å². The third-order valence-electron chi connectivity index (χ3n) is 3.09. The van der Waals surface area contributed by atoms with E-state index in [2.05, 4.69) is 5.32 Å². The van der Waals surface area contributed by atoms with Crippen LogP contribution in [0.3, 0.4) is 0 Å². The summed E-state index contributed by atoms with van der Waals surface area (Å²) < 4.78 is 16.8. The summed E-state index contributed by atoms with van der Waals surface area (Å²) in [5.74, 6) is -0.313. The van der Waals surface area contributed by atoms with E-state index >= 15 is 0 Å². The summed E-state index contributed by atoms with van der Waals surface area (Å²) in [6.07, 6.45) is 0. The van der Waals surface area contributed by atoms with Gasteiger partial charge in [0.25, 0.3) is 0 Å². The zero-order chi connectivity index (χ0) is 15.3. The standard InChI is InChI=1S/C15H18NO4P/c1-20-14-9-5-6-12(10-14)11-16-15(21(17,18)19)13-7-3-2-4-8-13/h2-10,15-16H,11H2,1H3,(H2,17,18,19)/t15-/m0/s1. The molecular weight excluding hydrogens is 289 g/mol. The Hall–Kier alpha value is -1.65. The average molecular weight is 307 g/mol. The number of hydrogen-bond donors (Lipinski definition) is 3. The molecule has 0 bridgehead atoms. The highest BCUT2D eigenvalue weighted by Crippen LogP contribution is 2.49. The van der Waals surface area contributed by atoms with Gasteiger partial charge in [0.05, 0.1) is 7.11 Å². The van der Waals surface area contributed by atoms with Crippen molar-refractivity contribution in [1.29, 1.82) is 0 Å². The molecule has 2 rings (SSSR count). The van der Waals surface area contributed by atoms with Gasteiger partial charge in [-0.3, -0.25) is 9.88 Å². The second kappa shape index (κ2) is 6.87. The number of hydrogen-bond acceptors (Lipinski definition) is 3. The first-order valence-electron chi connectivity index (χ1n) is 6.47. The monoisotopic (exact) mass is 307 g/mol. The minimum absolute atomic E-state index is 0.335. The Morgan fingerprint density at radius 2 is 1.86 bits per heavy atom. The molecule has 2 aromatic carbocycles. The maximum Gasteiger partial charge on any atom is 0.346 e. The average Bonchev–Trinajstić information content (AvgIpc) is 2.47. The van der Waals surface area contributed by atoms with E-state index in [0.717, 1.165) is 5.56 Å². The SMILES string of the molecule is COc1cccc(CN[C@H](c2ccccc2)P(=O)(O)O)c1. The van der Waals surface area contributed by atoms with Crippen LogP contribution >= 0.6 is 7.60 Å². The Bertz CT molecular complexity index is 627. The van der Waals surface area contributed by atoms with Crippen LogP contribution in [-0.2, 0) is 11.1 Å². The van der Waals surface area contributed by atoms with Crippen LogP contribution in [0.5, 0.6) is 5.75 Å². The lowest BCUT2D eigenvalue weighted by atomic mass is 10.2. The molecular formula is C15H18NO4P. The molecule has 3 N–H and O–H groups in total. The largest absolute Gasteiger partial charge is 0.497 e. The Morgan fingerprint density at radius 3 is 2.48 bits per heavy atom. The van der Waals surface area contributed by atoms with Gasteiger partial charge >= 0.3 is 7.60 Å². The van der Waals surface area contributed by atoms with Gasteiger partial charge in [-0.25, -0.2) is 0 Å². The van der Waals surface area contributed by atoms with E-state index in [1.165, 1.54) is 0 Å². The lowest BCUT2D eigenvalue weighted by Crippen LogP contribution is -2.21. The zero-order valence-electron chi connectivity index (χ0n) is 11.6. The molecule has 0 aliphatic carbocycles. The number of nitrogens with one attached hydrogen (secondary N) is 1. The summed E-state index contributed by atoms with van der Waals surface area (Å²) >= 11 is 0. The molecule has 0 unspecified atom stereocenters. The summed E-state index contributed by atoms with van der Waals surface area (Å²) in [6, 6.07) is 16.1. The van der Waals surface area contributed by atoms with Crippen LogP contribution < -0.4 is 10.1 Å². The van der Waals surface area contributed by atoms with Crippen LogP contribution in [0.25, 0.3) is 0 Å². The van der Waals surface area contributed by atoms with Gasteiger partial charge < -0.3 is 14.5 Å². The minimum Gasteiger partial charge on any atom is -0.497 e. The molecule has 0 saturated carbocycles. The van der Waals surface area contributed by atoms with E-state index in [1.807, 2.05) is 30.3 Å². The normalized spacial score (nSPS) is 12.9. The summed E-state index contributed by atoms with van der Waals surface area (Å²) in [5, 5.41) is 2.92. The van der Waals surface area contributed by atoms with Crippen LogP contribution in [0.15, 0.2) is 54.6 Å². The lowest BCUT2D eigenvalue weighted by Gasteiger charge is -2.20. The molecule has 112 valence electrons. The molecule has 0 spiro atoms. The second-order valence-electron chi connectivity index (χ2n) is 4.63. The first-order valence-corrected chi connectivity index (χ1v) is 8.15. The smallest absolute Gasteiger partial charge is 0.346 e. The van der Waals surface area contributed by atoms with Crippen molar-refractivity contribution < 1.29 is 19.1 Å². The minimum atomic E-state index is -4.30. The second-order valence-corrected chi connectivity index (χ2v) is 6.33.